The molecule has 4 N–H and O–H groups in total. The lowest BCUT2D eigenvalue weighted by Gasteiger charge is -2.29. The van der Waals surface area contributed by atoms with Crippen LogP contribution in [-0.2, 0) is 4.79 Å². The summed E-state index contributed by atoms with van der Waals surface area (Å²) in [5.41, 5.74) is 2.33. The van der Waals surface area contributed by atoms with Crippen LogP contribution in [0.4, 0.5) is 0 Å². The fourth-order valence-corrected chi connectivity index (χ4v) is 3.26. The van der Waals surface area contributed by atoms with Crippen LogP contribution in [0, 0.1) is 5.41 Å². The lowest BCUT2D eigenvalue weighted by molar-refractivity contribution is 0.0695. The molecule has 7 nitrogen and oxygen atoms in total. The van der Waals surface area contributed by atoms with E-state index in [1.807, 2.05) is 0 Å². The van der Waals surface area contributed by atoms with Crippen molar-refractivity contribution < 1.29 is 29.6 Å². The number of carboxylic acid groups (broad SMARTS) is 1. The van der Waals surface area contributed by atoms with Gasteiger partial charge in [-0.15, -0.1) is 0 Å². The first-order chi connectivity index (χ1) is 13.5. The molecule has 0 saturated carbocycles. The van der Waals surface area contributed by atoms with E-state index in [9.17, 15) is 20.1 Å². The second-order valence-corrected chi connectivity index (χ2v) is 5.97. The first-order valence-corrected chi connectivity index (χ1v) is 8.16. The van der Waals surface area contributed by atoms with E-state index in [1.165, 1.54) is 12.1 Å². The molecule has 28 heavy (non-hydrogen) atoms. The molecule has 0 atom stereocenters. The van der Waals surface area contributed by atoms with Crippen molar-refractivity contribution in [1.29, 1.82) is 5.41 Å². The third-order valence-corrected chi connectivity index (χ3v) is 4.34. The average Bonchev–Trinajstić information content (AvgIpc) is 2.66. The van der Waals surface area contributed by atoms with E-state index >= 15 is 0 Å². The molecule has 7 heteroatoms. The topological polar surface area (TPSA) is 128 Å². The zero-order chi connectivity index (χ0) is 20.3. The Morgan fingerprint density at radius 3 is 1.89 bits per heavy atom. The number of nitrogens with one attached hydrogen (secondary N) is 1. The predicted molar refractivity (Wildman–Crippen MR) is 99.0 cm³/mol. The van der Waals surface area contributed by atoms with Crippen LogP contribution >= 0.6 is 0 Å². The van der Waals surface area contributed by atoms with Crippen molar-refractivity contribution in [2.45, 2.75) is 5.92 Å². The maximum absolute atomic E-state index is 11.7. The third kappa shape index (κ3) is 3.42. The van der Waals surface area contributed by atoms with Crippen LogP contribution in [0.25, 0.3) is 0 Å². The first kappa shape index (κ1) is 18.7. The summed E-state index contributed by atoms with van der Waals surface area (Å²) in [4.78, 5) is 20.0. The average molecular weight is 377 g/mol. The predicted octanol–water partition coefficient (Wildman–Crippen LogP) is 3.98. The lowest BCUT2D eigenvalue weighted by atomic mass is 9.80. The van der Waals surface area contributed by atoms with Crippen LogP contribution in [0.5, 0.6) is 23.0 Å². The Kier molecular flexibility index (Phi) is 5.11. The number of fused-ring (bicyclic) bond motifs is 2. The Labute approximate surface area is 159 Å². The Bertz CT molecular complexity index is 1030. The van der Waals surface area contributed by atoms with E-state index < -0.39 is 5.97 Å². The van der Waals surface area contributed by atoms with Crippen molar-refractivity contribution in [3.8, 4) is 23.0 Å². The van der Waals surface area contributed by atoms with Crippen molar-refractivity contribution in [1.82, 2.24) is 0 Å². The number of aromatic hydroxyl groups is 2. The number of benzene rings is 3. The van der Waals surface area contributed by atoms with Crippen molar-refractivity contribution in [2.75, 3.05) is 0 Å². The van der Waals surface area contributed by atoms with Crippen LogP contribution in [0.15, 0.2) is 60.7 Å². The molecule has 0 unspecified atom stereocenters. The number of phenols is 2. The van der Waals surface area contributed by atoms with Gasteiger partial charge in [0.25, 0.3) is 0 Å². The van der Waals surface area contributed by atoms with Gasteiger partial charge in [0.15, 0.2) is 0 Å². The van der Waals surface area contributed by atoms with Crippen LogP contribution < -0.4 is 4.74 Å². The Hall–Kier alpha value is -4.09. The highest BCUT2D eigenvalue weighted by atomic mass is 16.5. The Balaban J connectivity index is 0.000000706. The van der Waals surface area contributed by atoms with E-state index in [2.05, 4.69) is 0 Å². The van der Waals surface area contributed by atoms with Crippen molar-refractivity contribution in [2.24, 2.45) is 0 Å². The summed E-state index contributed by atoms with van der Waals surface area (Å²) in [7, 11) is 0. The van der Waals surface area contributed by atoms with Crippen LogP contribution in [0.1, 0.15) is 33.0 Å². The van der Waals surface area contributed by atoms with E-state index in [0.717, 1.165) is 17.2 Å². The Morgan fingerprint density at radius 1 is 0.893 bits per heavy atom. The van der Waals surface area contributed by atoms with Gasteiger partial charge in [0.2, 0.25) is 6.08 Å². The van der Waals surface area contributed by atoms with Crippen molar-refractivity contribution >= 4 is 12.0 Å². The summed E-state index contributed by atoms with van der Waals surface area (Å²) in [6.45, 7) is 0. The summed E-state index contributed by atoms with van der Waals surface area (Å²) < 4.78 is 5.82. The number of carbonyl (C=O) groups excluding carboxylic acids is 1. The van der Waals surface area contributed by atoms with Gasteiger partial charge < -0.3 is 20.1 Å². The number of rotatable bonds is 2. The normalized spacial score (nSPS) is 11.7. The second kappa shape index (κ2) is 7.65. The molecule has 0 fully saturated rings. The molecule has 4 rings (SSSR count). The molecular weight excluding hydrogens is 362 g/mol. The molecular formula is C21H15NO6. The zero-order valence-electron chi connectivity index (χ0n) is 14.4. The number of carbonyl (C=O) groups is 1. The number of hydrogen-bond acceptors (Lipinski definition) is 6. The monoisotopic (exact) mass is 377 g/mol. The molecule has 0 spiro atoms. The van der Waals surface area contributed by atoms with E-state index in [-0.39, 0.29) is 23.0 Å². The highest BCUT2D eigenvalue weighted by Gasteiger charge is 2.31. The molecule has 0 amide bonds. The van der Waals surface area contributed by atoms with Gasteiger partial charge in [-0.25, -0.2) is 15.0 Å². The molecule has 1 aliphatic rings. The minimum atomic E-state index is -1.01. The largest absolute Gasteiger partial charge is 0.508 e. The maximum atomic E-state index is 11.7. The summed E-state index contributed by atoms with van der Waals surface area (Å²) in [5.74, 6) is -0.429. The summed E-state index contributed by atoms with van der Waals surface area (Å²) in [5, 5.41) is 34.5. The van der Waals surface area contributed by atoms with Gasteiger partial charge in [-0.05, 0) is 23.8 Å². The first-order valence-electron chi connectivity index (χ1n) is 8.16. The molecule has 0 radical (unpaired) electrons. The Morgan fingerprint density at radius 2 is 1.39 bits per heavy atom. The zero-order valence-corrected chi connectivity index (χ0v) is 14.4. The number of isocyanates is 1. The quantitative estimate of drug-likeness (QED) is 0.309. The van der Waals surface area contributed by atoms with E-state index in [0.29, 0.717) is 17.1 Å². The SMILES string of the molecule is N=C=O.O=C(O)c1ccccc1C1c2ccc(O)cc2Oc2cc(O)ccc21. The van der Waals surface area contributed by atoms with Crippen LogP contribution in [-0.4, -0.2) is 27.4 Å². The second-order valence-electron chi connectivity index (χ2n) is 5.97. The fourth-order valence-electron chi connectivity index (χ4n) is 3.26. The van der Waals surface area contributed by atoms with Crippen LogP contribution in [0.2, 0.25) is 0 Å². The number of hydrogen-bond donors (Lipinski definition) is 4. The fraction of sp³-hybridized carbons (Fsp3) is 0.0476. The highest BCUT2D eigenvalue weighted by Crippen LogP contribution is 2.49. The standard InChI is InChI=1S/C20H14O5.CHNO/c21-11-5-7-15-17(9-11)25-18-10-12(22)6-8-16(18)19(15)13-3-1-2-4-14(13)20(23)24;2-1-3/h1-10,19,21-22H,(H,23,24);2H. The molecule has 0 aliphatic carbocycles. The van der Waals surface area contributed by atoms with Gasteiger partial charge in [-0.1, -0.05) is 30.3 Å². The molecule has 1 aliphatic heterocycles. The van der Waals surface area contributed by atoms with Crippen molar-refractivity contribution in [3.63, 3.8) is 0 Å². The smallest absolute Gasteiger partial charge is 0.335 e. The van der Waals surface area contributed by atoms with E-state index in [1.54, 1.807) is 48.5 Å². The summed E-state index contributed by atoms with van der Waals surface area (Å²) in [6, 6.07) is 16.3. The van der Waals surface area contributed by atoms with E-state index in [4.69, 9.17) is 14.9 Å². The molecule has 0 saturated heterocycles. The lowest BCUT2D eigenvalue weighted by Crippen LogP contribution is -2.15. The molecule has 0 aromatic heterocycles. The number of aromatic carboxylic acids is 1. The molecule has 140 valence electrons. The number of ether oxygens (including phenoxy) is 1. The summed E-state index contributed by atoms with van der Waals surface area (Å²) >= 11 is 0. The van der Waals surface area contributed by atoms with Crippen LogP contribution in [0.3, 0.4) is 0 Å². The highest BCUT2D eigenvalue weighted by molar-refractivity contribution is 5.90. The van der Waals surface area contributed by atoms with Gasteiger partial charge in [0.05, 0.1) is 5.56 Å². The third-order valence-electron chi connectivity index (χ3n) is 4.34. The van der Waals surface area contributed by atoms with Crippen molar-refractivity contribution in [3.05, 3.63) is 82.9 Å². The minimum Gasteiger partial charge on any atom is -0.508 e. The molecule has 3 aromatic carbocycles. The molecule has 1 heterocycles. The molecule has 0 bridgehead atoms. The van der Waals surface area contributed by atoms with Gasteiger partial charge in [0, 0.05) is 29.2 Å². The molecule has 3 aromatic rings. The van der Waals surface area contributed by atoms with Gasteiger partial charge in [-0.3, -0.25) is 0 Å². The van der Waals surface area contributed by atoms with Gasteiger partial charge >= 0.3 is 5.97 Å². The van der Waals surface area contributed by atoms with Gasteiger partial charge in [-0.2, -0.15) is 0 Å². The minimum absolute atomic E-state index is 0.0487. The van der Waals surface area contributed by atoms with Gasteiger partial charge in [0.1, 0.15) is 23.0 Å². The maximum Gasteiger partial charge on any atom is 0.335 e. The number of carboxylic acids is 1. The summed E-state index contributed by atoms with van der Waals surface area (Å²) in [6.07, 6.45) is 0.750. The number of phenolic OH excluding ortho intramolecular Hbond substituents is 2.